The van der Waals surface area contributed by atoms with E-state index in [1.165, 1.54) is 30.8 Å². The van der Waals surface area contributed by atoms with E-state index in [2.05, 4.69) is 58.0 Å². The van der Waals surface area contributed by atoms with Crippen molar-refractivity contribution in [2.75, 3.05) is 38.6 Å². The monoisotopic (exact) mass is 325 g/mol. The lowest BCUT2D eigenvalue weighted by Crippen LogP contribution is -2.27. The largest absolute Gasteiger partial charge is 0.373 e. The van der Waals surface area contributed by atoms with Crippen LogP contribution >= 0.6 is 15.9 Å². The Morgan fingerprint density at radius 3 is 2.79 bits per heavy atom. The van der Waals surface area contributed by atoms with Crippen LogP contribution in [0.4, 0.5) is 5.69 Å². The van der Waals surface area contributed by atoms with Crippen LogP contribution in [0.1, 0.15) is 24.9 Å². The topological polar surface area (TPSA) is 32.5 Å². The lowest BCUT2D eigenvalue weighted by molar-refractivity contribution is 0.396. The Morgan fingerprint density at radius 1 is 1.53 bits per heavy atom. The number of hydrogen-bond acceptors (Lipinski definition) is 3. The van der Waals surface area contributed by atoms with Crippen LogP contribution in [0.5, 0.6) is 0 Å². The zero-order valence-electron chi connectivity index (χ0n) is 12.1. The van der Waals surface area contributed by atoms with E-state index in [9.17, 15) is 0 Å². The molecule has 2 rings (SSSR count). The zero-order valence-corrected chi connectivity index (χ0v) is 13.7. The third-order valence-corrected chi connectivity index (χ3v) is 4.56. The predicted octanol–water partition coefficient (Wildman–Crippen LogP) is 2.86. The fourth-order valence-electron chi connectivity index (χ4n) is 2.78. The van der Waals surface area contributed by atoms with Crippen LogP contribution in [0, 0.1) is 5.92 Å². The van der Waals surface area contributed by atoms with E-state index in [0.29, 0.717) is 0 Å². The average Bonchev–Trinajstić information content (AvgIpc) is 2.74. The molecule has 4 heteroatoms. The van der Waals surface area contributed by atoms with Gasteiger partial charge in [0.05, 0.1) is 5.69 Å². The minimum absolute atomic E-state index is 0.0825. The summed E-state index contributed by atoms with van der Waals surface area (Å²) in [4.78, 5) is 4.76. The van der Waals surface area contributed by atoms with Crippen LogP contribution in [-0.2, 0) is 0 Å². The van der Waals surface area contributed by atoms with E-state index >= 15 is 0 Å². The third-order valence-electron chi connectivity index (χ3n) is 3.93. The van der Waals surface area contributed by atoms with Crippen LogP contribution in [0.25, 0.3) is 0 Å². The van der Waals surface area contributed by atoms with E-state index in [-0.39, 0.29) is 6.04 Å². The van der Waals surface area contributed by atoms with Crippen LogP contribution in [0.15, 0.2) is 22.7 Å². The highest BCUT2D eigenvalue weighted by Gasteiger charge is 2.21. The van der Waals surface area contributed by atoms with Gasteiger partial charge in [-0.15, -0.1) is 0 Å². The summed E-state index contributed by atoms with van der Waals surface area (Å²) in [5.41, 5.74) is 8.34. The molecular weight excluding hydrogens is 302 g/mol. The molecule has 19 heavy (non-hydrogen) atoms. The molecule has 1 aromatic carbocycles. The molecule has 1 aliphatic heterocycles. The van der Waals surface area contributed by atoms with Gasteiger partial charge in [0.15, 0.2) is 0 Å². The molecule has 0 radical (unpaired) electrons. The molecule has 0 aromatic heterocycles. The van der Waals surface area contributed by atoms with Gasteiger partial charge in [-0.1, -0.05) is 6.07 Å². The van der Waals surface area contributed by atoms with Gasteiger partial charge in [-0.25, -0.2) is 0 Å². The van der Waals surface area contributed by atoms with E-state index in [1.54, 1.807) is 0 Å². The first-order chi connectivity index (χ1) is 8.97. The van der Waals surface area contributed by atoms with Crippen molar-refractivity contribution in [3.8, 4) is 0 Å². The van der Waals surface area contributed by atoms with Gasteiger partial charge < -0.3 is 15.5 Å². The standard InChI is InChI=1S/C15H24BrN3/c1-11(17)13-4-5-15(14(16)8-13)19(3)10-12-6-7-18(2)9-12/h4-5,8,11-12H,6-7,9-10,17H2,1-3H3/t11-,12?/m0/s1. The summed E-state index contributed by atoms with van der Waals surface area (Å²) >= 11 is 3.67. The van der Waals surface area contributed by atoms with Crippen molar-refractivity contribution in [2.24, 2.45) is 11.7 Å². The molecule has 0 saturated carbocycles. The van der Waals surface area contributed by atoms with Crippen molar-refractivity contribution in [3.63, 3.8) is 0 Å². The second kappa shape index (κ2) is 6.25. The molecule has 0 spiro atoms. The number of nitrogens with two attached hydrogens (primary N) is 1. The molecule has 2 N–H and O–H groups in total. The van der Waals surface area contributed by atoms with Gasteiger partial charge in [0.1, 0.15) is 0 Å². The van der Waals surface area contributed by atoms with Crippen LogP contribution < -0.4 is 10.6 Å². The van der Waals surface area contributed by atoms with E-state index < -0.39 is 0 Å². The molecule has 2 atom stereocenters. The van der Waals surface area contributed by atoms with Crippen molar-refractivity contribution in [3.05, 3.63) is 28.2 Å². The maximum absolute atomic E-state index is 5.92. The van der Waals surface area contributed by atoms with E-state index in [4.69, 9.17) is 5.73 Å². The second-order valence-electron chi connectivity index (χ2n) is 5.80. The first-order valence-corrected chi connectivity index (χ1v) is 7.71. The summed E-state index contributed by atoms with van der Waals surface area (Å²) in [6.07, 6.45) is 1.30. The van der Waals surface area contributed by atoms with Crippen LogP contribution in [-0.4, -0.2) is 38.6 Å². The van der Waals surface area contributed by atoms with Crippen LogP contribution in [0.2, 0.25) is 0 Å². The van der Waals surface area contributed by atoms with Crippen LogP contribution in [0.3, 0.4) is 0 Å². The van der Waals surface area contributed by atoms with E-state index in [0.717, 1.165) is 16.9 Å². The third kappa shape index (κ3) is 3.71. The average molecular weight is 326 g/mol. The summed E-state index contributed by atoms with van der Waals surface area (Å²) in [6, 6.07) is 6.51. The van der Waals surface area contributed by atoms with E-state index in [1.807, 2.05) is 6.92 Å². The first kappa shape index (κ1) is 14.8. The summed E-state index contributed by atoms with van der Waals surface area (Å²) < 4.78 is 1.14. The highest BCUT2D eigenvalue weighted by atomic mass is 79.9. The quantitative estimate of drug-likeness (QED) is 0.923. The molecule has 1 unspecified atom stereocenters. The molecule has 0 aliphatic carbocycles. The fourth-order valence-corrected chi connectivity index (χ4v) is 3.48. The molecular formula is C15H24BrN3. The number of hydrogen-bond donors (Lipinski definition) is 1. The Hall–Kier alpha value is -0.580. The molecule has 0 bridgehead atoms. The van der Waals surface area contributed by atoms with Gasteiger partial charge in [-0.05, 0) is 66.5 Å². The molecule has 1 aromatic rings. The maximum Gasteiger partial charge on any atom is 0.0508 e. The molecule has 0 amide bonds. The Morgan fingerprint density at radius 2 is 2.26 bits per heavy atom. The summed E-state index contributed by atoms with van der Waals surface area (Å²) in [5.74, 6) is 0.773. The lowest BCUT2D eigenvalue weighted by atomic mass is 10.1. The minimum Gasteiger partial charge on any atom is -0.373 e. The second-order valence-corrected chi connectivity index (χ2v) is 6.65. The van der Waals surface area contributed by atoms with Crippen molar-refractivity contribution < 1.29 is 0 Å². The molecule has 1 saturated heterocycles. The lowest BCUT2D eigenvalue weighted by Gasteiger charge is -2.25. The number of likely N-dealkylation sites (tertiary alicyclic amines) is 1. The number of rotatable bonds is 4. The molecule has 3 nitrogen and oxygen atoms in total. The Kier molecular flexibility index (Phi) is 4.87. The maximum atomic E-state index is 5.92. The van der Waals surface area contributed by atoms with Gasteiger partial charge in [-0.2, -0.15) is 0 Å². The van der Waals surface area contributed by atoms with Crippen molar-refractivity contribution in [1.82, 2.24) is 4.90 Å². The molecule has 106 valence electrons. The number of nitrogens with zero attached hydrogens (tertiary/aromatic N) is 2. The van der Waals surface area contributed by atoms with Crippen molar-refractivity contribution in [2.45, 2.75) is 19.4 Å². The fraction of sp³-hybridized carbons (Fsp3) is 0.600. The number of anilines is 1. The highest BCUT2D eigenvalue weighted by Crippen LogP contribution is 2.29. The molecule has 1 aliphatic rings. The normalized spacial score (nSPS) is 21.6. The van der Waals surface area contributed by atoms with Crippen molar-refractivity contribution in [1.29, 1.82) is 0 Å². The summed E-state index contributed by atoms with van der Waals surface area (Å²) in [5, 5.41) is 0. The first-order valence-electron chi connectivity index (χ1n) is 6.92. The predicted molar refractivity (Wildman–Crippen MR) is 85.6 cm³/mol. The number of benzene rings is 1. The van der Waals surface area contributed by atoms with Gasteiger partial charge in [0.25, 0.3) is 0 Å². The highest BCUT2D eigenvalue weighted by molar-refractivity contribution is 9.10. The molecule has 1 heterocycles. The van der Waals surface area contributed by atoms with Gasteiger partial charge >= 0.3 is 0 Å². The minimum atomic E-state index is 0.0825. The molecule has 1 fully saturated rings. The van der Waals surface area contributed by atoms with Gasteiger partial charge in [0, 0.05) is 30.7 Å². The zero-order chi connectivity index (χ0) is 14.0. The summed E-state index contributed by atoms with van der Waals surface area (Å²) in [7, 11) is 4.37. The van der Waals surface area contributed by atoms with Gasteiger partial charge in [-0.3, -0.25) is 0 Å². The number of halogens is 1. The Balaban J connectivity index is 2.04. The SMILES string of the molecule is C[C@H](N)c1ccc(N(C)CC2CCN(C)C2)c(Br)c1. The van der Waals surface area contributed by atoms with Gasteiger partial charge in [0.2, 0.25) is 0 Å². The smallest absolute Gasteiger partial charge is 0.0508 e. The Bertz CT molecular complexity index is 433. The Labute approximate surface area is 124 Å². The summed E-state index contributed by atoms with van der Waals surface area (Å²) in [6.45, 7) is 5.56. The van der Waals surface area contributed by atoms with Crippen molar-refractivity contribution >= 4 is 21.6 Å².